The molecule has 0 radical (unpaired) electrons. The normalized spacial score (nSPS) is 15.6. The number of carboxylic acids is 1. The molecule has 28 heavy (non-hydrogen) atoms. The second-order valence-corrected chi connectivity index (χ2v) is 7.72. The second-order valence-electron chi connectivity index (χ2n) is 7.72. The van der Waals surface area contributed by atoms with E-state index in [9.17, 15) is 14.4 Å². The van der Waals surface area contributed by atoms with Gasteiger partial charge >= 0.3 is 5.97 Å². The van der Waals surface area contributed by atoms with Gasteiger partial charge in [-0.1, -0.05) is 44.2 Å². The van der Waals surface area contributed by atoms with Gasteiger partial charge in [0.05, 0.1) is 0 Å². The molecule has 1 saturated carbocycles. The molecule has 1 atom stereocenters. The van der Waals surface area contributed by atoms with E-state index in [1.807, 2.05) is 12.1 Å². The Bertz CT molecular complexity index is 668. The molecule has 1 aromatic rings. The first kappa shape index (κ1) is 21.9. The minimum absolute atomic E-state index is 0.0588. The first-order valence-corrected chi connectivity index (χ1v) is 10.3. The highest BCUT2D eigenvalue weighted by Gasteiger charge is 2.21. The fourth-order valence-corrected chi connectivity index (χ4v) is 3.94. The molecule has 0 heterocycles. The van der Waals surface area contributed by atoms with E-state index >= 15 is 0 Å². The van der Waals surface area contributed by atoms with E-state index in [2.05, 4.69) is 10.6 Å². The molecule has 154 valence electrons. The van der Waals surface area contributed by atoms with Crippen LogP contribution in [0.3, 0.4) is 0 Å². The first-order chi connectivity index (χ1) is 13.5. The van der Waals surface area contributed by atoms with Crippen molar-refractivity contribution in [3.8, 4) is 0 Å². The lowest BCUT2D eigenvalue weighted by atomic mass is 9.84. The number of carbonyl (C=O) groups excluding carboxylic acids is 2. The molecule has 1 aromatic carbocycles. The van der Waals surface area contributed by atoms with E-state index in [0.717, 1.165) is 12.0 Å². The summed E-state index contributed by atoms with van der Waals surface area (Å²) in [7, 11) is 1.59. The van der Waals surface area contributed by atoms with Crippen molar-refractivity contribution in [2.45, 2.75) is 70.3 Å². The Balaban J connectivity index is 1.87. The van der Waals surface area contributed by atoms with Crippen LogP contribution in [0.2, 0.25) is 0 Å². The molecule has 1 unspecified atom stereocenters. The van der Waals surface area contributed by atoms with Crippen LogP contribution >= 0.6 is 0 Å². The van der Waals surface area contributed by atoms with Gasteiger partial charge in [0.2, 0.25) is 5.91 Å². The van der Waals surface area contributed by atoms with Gasteiger partial charge in [0.15, 0.2) is 0 Å². The molecular formula is C22H32N2O4. The van der Waals surface area contributed by atoms with Crippen LogP contribution < -0.4 is 10.6 Å². The molecule has 1 aliphatic carbocycles. The van der Waals surface area contributed by atoms with Gasteiger partial charge in [-0.05, 0) is 42.9 Å². The van der Waals surface area contributed by atoms with Gasteiger partial charge < -0.3 is 15.7 Å². The van der Waals surface area contributed by atoms with Crippen LogP contribution in [0.1, 0.15) is 73.7 Å². The van der Waals surface area contributed by atoms with Crippen molar-refractivity contribution < 1.29 is 19.5 Å². The highest BCUT2D eigenvalue weighted by atomic mass is 16.4. The average Bonchev–Trinajstić information content (AvgIpc) is 2.71. The van der Waals surface area contributed by atoms with E-state index in [4.69, 9.17) is 5.11 Å². The molecule has 0 aliphatic heterocycles. The summed E-state index contributed by atoms with van der Waals surface area (Å²) in [5.41, 5.74) is 1.52. The summed E-state index contributed by atoms with van der Waals surface area (Å²) < 4.78 is 0. The Labute approximate surface area is 167 Å². The Morgan fingerprint density at radius 1 is 1.14 bits per heavy atom. The quantitative estimate of drug-likeness (QED) is 0.573. The third-order valence-corrected chi connectivity index (χ3v) is 5.47. The number of nitrogens with one attached hydrogen (secondary N) is 2. The maximum atomic E-state index is 12.5. The SMILES string of the molecule is CNC(=O)c1cccc(CCC(=O)NC(CCC(=O)O)CC2CCCCC2)c1. The number of carbonyl (C=O) groups is 3. The van der Waals surface area contributed by atoms with Gasteiger partial charge in [0, 0.05) is 31.5 Å². The summed E-state index contributed by atoms with van der Waals surface area (Å²) >= 11 is 0. The van der Waals surface area contributed by atoms with Gasteiger partial charge in [-0.2, -0.15) is 0 Å². The number of aryl methyl sites for hydroxylation is 1. The molecule has 0 saturated heterocycles. The lowest BCUT2D eigenvalue weighted by Crippen LogP contribution is -2.37. The van der Waals surface area contributed by atoms with Gasteiger partial charge in [-0.25, -0.2) is 0 Å². The van der Waals surface area contributed by atoms with Crippen molar-refractivity contribution in [3.63, 3.8) is 0 Å². The van der Waals surface area contributed by atoms with Gasteiger partial charge in [-0.3, -0.25) is 14.4 Å². The van der Waals surface area contributed by atoms with Crippen LogP contribution in [0.5, 0.6) is 0 Å². The molecule has 1 aliphatic rings. The van der Waals surface area contributed by atoms with E-state index < -0.39 is 5.97 Å². The molecule has 2 rings (SSSR count). The largest absolute Gasteiger partial charge is 0.481 e. The number of hydrogen-bond acceptors (Lipinski definition) is 3. The second kappa shape index (κ2) is 11.5. The summed E-state index contributed by atoms with van der Waals surface area (Å²) in [4.78, 5) is 35.1. The highest BCUT2D eigenvalue weighted by molar-refractivity contribution is 5.94. The summed E-state index contributed by atoms with van der Waals surface area (Å²) in [5, 5.41) is 14.7. The molecule has 0 aromatic heterocycles. The Morgan fingerprint density at radius 3 is 2.57 bits per heavy atom. The predicted molar refractivity (Wildman–Crippen MR) is 108 cm³/mol. The average molecular weight is 389 g/mol. The molecule has 3 N–H and O–H groups in total. The van der Waals surface area contributed by atoms with Crippen LogP contribution in [-0.2, 0) is 16.0 Å². The third-order valence-electron chi connectivity index (χ3n) is 5.47. The molecule has 0 spiro atoms. The van der Waals surface area contributed by atoms with Crippen molar-refractivity contribution in [3.05, 3.63) is 35.4 Å². The summed E-state index contributed by atoms with van der Waals surface area (Å²) in [6, 6.07) is 7.19. The Hall–Kier alpha value is -2.37. The van der Waals surface area contributed by atoms with E-state index in [1.54, 1.807) is 19.2 Å². The van der Waals surface area contributed by atoms with Gasteiger partial charge in [-0.15, -0.1) is 0 Å². The van der Waals surface area contributed by atoms with Crippen LogP contribution in [0.15, 0.2) is 24.3 Å². The molecule has 0 bridgehead atoms. The van der Waals surface area contributed by atoms with Crippen molar-refractivity contribution in [2.75, 3.05) is 7.05 Å². The zero-order chi connectivity index (χ0) is 20.4. The lowest BCUT2D eigenvalue weighted by Gasteiger charge is -2.27. The molecule has 1 fully saturated rings. The van der Waals surface area contributed by atoms with Crippen molar-refractivity contribution in [1.29, 1.82) is 0 Å². The zero-order valence-corrected chi connectivity index (χ0v) is 16.7. The molecule has 2 amide bonds. The number of carboxylic acid groups (broad SMARTS) is 1. The third kappa shape index (κ3) is 7.71. The number of amides is 2. The number of rotatable bonds is 10. The minimum Gasteiger partial charge on any atom is -0.481 e. The lowest BCUT2D eigenvalue weighted by molar-refractivity contribution is -0.137. The van der Waals surface area contributed by atoms with Crippen molar-refractivity contribution in [2.24, 2.45) is 5.92 Å². The van der Waals surface area contributed by atoms with E-state index in [1.165, 1.54) is 32.1 Å². The summed E-state index contributed by atoms with van der Waals surface area (Å²) in [5.74, 6) is -0.449. The van der Waals surface area contributed by atoms with Crippen LogP contribution in [0.4, 0.5) is 0 Å². The fraction of sp³-hybridized carbons (Fsp3) is 0.591. The molecule has 6 nitrogen and oxygen atoms in total. The standard InChI is InChI=1S/C22H32N2O4/c1-23-22(28)18-9-5-8-17(14-18)10-12-20(25)24-19(11-13-21(26)27)15-16-6-3-2-4-7-16/h5,8-9,14,16,19H,2-4,6-7,10-13,15H2,1H3,(H,23,28)(H,24,25)(H,26,27). The van der Waals surface area contributed by atoms with Gasteiger partial charge in [0.1, 0.15) is 0 Å². The van der Waals surface area contributed by atoms with Crippen molar-refractivity contribution in [1.82, 2.24) is 10.6 Å². The monoisotopic (exact) mass is 388 g/mol. The highest BCUT2D eigenvalue weighted by Crippen LogP contribution is 2.28. The summed E-state index contributed by atoms with van der Waals surface area (Å²) in [6.07, 6.45) is 8.37. The molecular weight excluding hydrogens is 356 g/mol. The number of benzene rings is 1. The van der Waals surface area contributed by atoms with E-state index in [0.29, 0.717) is 30.7 Å². The number of hydrogen-bond donors (Lipinski definition) is 3. The predicted octanol–water partition coefficient (Wildman–Crippen LogP) is 3.30. The topological polar surface area (TPSA) is 95.5 Å². The maximum absolute atomic E-state index is 12.5. The first-order valence-electron chi connectivity index (χ1n) is 10.3. The fourth-order valence-electron chi connectivity index (χ4n) is 3.94. The molecule has 6 heteroatoms. The summed E-state index contributed by atoms with van der Waals surface area (Å²) in [6.45, 7) is 0. The van der Waals surface area contributed by atoms with Crippen molar-refractivity contribution >= 4 is 17.8 Å². The van der Waals surface area contributed by atoms with Crippen LogP contribution in [0, 0.1) is 5.92 Å². The Kier molecular flexibility index (Phi) is 8.98. The smallest absolute Gasteiger partial charge is 0.303 e. The van der Waals surface area contributed by atoms with Crippen LogP contribution in [-0.4, -0.2) is 36.0 Å². The zero-order valence-electron chi connectivity index (χ0n) is 16.7. The Morgan fingerprint density at radius 2 is 1.89 bits per heavy atom. The minimum atomic E-state index is -0.825. The van der Waals surface area contributed by atoms with Gasteiger partial charge in [0.25, 0.3) is 5.91 Å². The maximum Gasteiger partial charge on any atom is 0.303 e. The van der Waals surface area contributed by atoms with E-state index in [-0.39, 0.29) is 24.3 Å². The number of aliphatic carboxylic acids is 1. The van der Waals surface area contributed by atoms with Crippen LogP contribution in [0.25, 0.3) is 0 Å².